The average molecular weight is 277 g/mol. The summed E-state index contributed by atoms with van der Waals surface area (Å²) in [6.45, 7) is 10.3. The third kappa shape index (κ3) is 6.15. The predicted octanol–water partition coefficient (Wildman–Crippen LogP) is 2.25. The summed E-state index contributed by atoms with van der Waals surface area (Å²) >= 11 is 0. The molecule has 0 atom stereocenters. The number of nitrogens with zero attached hydrogens (tertiary/aromatic N) is 2. The van der Waals surface area contributed by atoms with Crippen LogP contribution >= 0.6 is 0 Å². The Bertz CT molecular complexity index is 382. The molecule has 0 saturated carbocycles. The molecular weight excluding hydrogens is 250 g/mol. The van der Waals surface area contributed by atoms with Crippen molar-refractivity contribution in [3.05, 3.63) is 30.1 Å². The molecule has 1 aromatic heterocycles. The zero-order chi connectivity index (χ0) is 15.0. The van der Waals surface area contributed by atoms with Gasteiger partial charge in [-0.25, -0.2) is 0 Å². The van der Waals surface area contributed by atoms with E-state index in [1.807, 2.05) is 18.3 Å². The Morgan fingerprint density at radius 3 is 2.55 bits per heavy atom. The van der Waals surface area contributed by atoms with Crippen molar-refractivity contribution in [3.63, 3.8) is 0 Å². The van der Waals surface area contributed by atoms with Gasteiger partial charge < -0.3 is 5.32 Å². The molecule has 0 aromatic carbocycles. The van der Waals surface area contributed by atoms with Crippen molar-refractivity contribution < 1.29 is 4.79 Å². The highest BCUT2D eigenvalue weighted by atomic mass is 16.1. The van der Waals surface area contributed by atoms with Gasteiger partial charge in [0, 0.05) is 44.0 Å². The van der Waals surface area contributed by atoms with Crippen LogP contribution in [0.4, 0.5) is 0 Å². The van der Waals surface area contributed by atoms with E-state index >= 15 is 0 Å². The Morgan fingerprint density at radius 1 is 1.30 bits per heavy atom. The normalized spacial score (nSPS) is 11.3. The maximum atomic E-state index is 11.8. The Balaban J connectivity index is 2.23. The number of carbonyl (C=O) groups excluding carboxylic acids is 1. The molecule has 0 aliphatic rings. The molecule has 20 heavy (non-hydrogen) atoms. The van der Waals surface area contributed by atoms with Crippen molar-refractivity contribution >= 4 is 5.91 Å². The Labute approximate surface area is 122 Å². The molecule has 4 heteroatoms. The van der Waals surface area contributed by atoms with E-state index in [0.29, 0.717) is 25.0 Å². The van der Waals surface area contributed by atoms with Crippen molar-refractivity contribution in [2.24, 2.45) is 0 Å². The van der Waals surface area contributed by atoms with Gasteiger partial charge in [0.25, 0.3) is 0 Å². The second kappa shape index (κ2) is 8.69. The maximum absolute atomic E-state index is 11.8. The minimum Gasteiger partial charge on any atom is -0.355 e. The summed E-state index contributed by atoms with van der Waals surface area (Å²) < 4.78 is 0. The van der Waals surface area contributed by atoms with Crippen molar-refractivity contribution in [1.82, 2.24) is 15.2 Å². The second-order valence-electron chi connectivity index (χ2n) is 5.64. The molecule has 112 valence electrons. The molecule has 4 nitrogen and oxygen atoms in total. The third-order valence-electron chi connectivity index (χ3n) is 3.38. The second-order valence-corrected chi connectivity index (χ2v) is 5.64. The molecule has 0 fully saturated rings. The van der Waals surface area contributed by atoms with E-state index in [9.17, 15) is 4.79 Å². The summed E-state index contributed by atoms with van der Waals surface area (Å²) in [4.78, 5) is 18.2. The van der Waals surface area contributed by atoms with Crippen LogP contribution in [-0.4, -0.2) is 41.0 Å². The van der Waals surface area contributed by atoms with Gasteiger partial charge in [0.2, 0.25) is 5.91 Å². The summed E-state index contributed by atoms with van der Waals surface area (Å²) in [5, 5.41) is 2.99. The molecule has 1 heterocycles. The van der Waals surface area contributed by atoms with Crippen molar-refractivity contribution in [2.45, 2.75) is 52.6 Å². The Kier molecular flexibility index (Phi) is 7.23. The number of nitrogens with one attached hydrogen (secondary N) is 1. The van der Waals surface area contributed by atoms with Gasteiger partial charge in [-0.2, -0.15) is 0 Å². The number of hydrogen-bond acceptors (Lipinski definition) is 3. The van der Waals surface area contributed by atoms with Gasteiger partial charge in [-0.05, 0) is 45.7 Å². The zero-order valence-electron chi connectivity index (χ0n) is 13.1. The highest BCUT2D eigenvalue weighted by molar-refractivity contribution is 5.76. The fraction of sp³-hybridized carbons (Fsp3) is 0.625. The molecule has 0 aliphatic heterocycles. The van der Waals surface area contributed by atoms with Crippen LogP contribution in [0.5, 0.6) is 0 Å². The Hall–Kier alpha value is -1.42. The molecule has 1 rings (SSSR count). The van der Waals surface area contributed by atoms with Gasteiger partial charge in [-0.3, -0.25) is 14.7 Å². The molecule has 0 radical (unpaired) electrons. The smallest absolute Gasteiger partial charge is 0.220 e. The zero-order valence-corrected chi connectivity index (χ0v) is 13.1. The van der Waals surface area contributed by atoms with Gasteiger partial charge >= 0.3 is 0 Å². The summed E-state index contributed by atoms with van der Waals surface area (Å²) in [6, 6.07) is 4.90. The standard InChI is InChI=1S/C16H27N3O/c1-13(2)19(14(3)4)11-10-18-16(20)8-7-15-6-5-9-17-12-15/h5-6,9,12-14H,7-8,10-11H2,1-4H3,(H,18,20). The van der Waals surface area contributed by atoms with Crippen LogP contribution in [0.25, 0.3) is 0 Å². The van der Waals surface area contributed by atoms with Crippen LogP contribution in [-0.2, 0) is 11.2 Å². The predicted molar refractivity (Wildman–Crippen MR) is 82.5 cm³/mol. The molecule has 1 amide bonds. The highest BCUT2D eigenvalue weighted by Gasteiger charge is 2.12. The van der Waals surface area contributed by atoms with E-state index < -0.39 is 0 Å². The van der Waals surface area contributed by atoms with E-state index in [-0.39, 0.29) is 5.91 Å². The number of aryl methyl sites for hydroxylation is 1. The molecule has 0 aliphatic carbocycles. The number of pyridine rings is 1. The maximum Gasteiger partial charge on any atom is 0.220 e. The summed E-state index contributed by atoms with van der Waals surface area (Å²) in [5.74, 6) is 0.112. The van der Waals surface area contributed by atoms with Gasteiger partial charge in [0.05, 0.1) is 0 Å². The van der Waals surface area contributed by atoms with Gasteiger partial charge in [0.1, 0.15) is 0 Å². The van der Waals surface area contributed by atoms with E-state index in [4.69, 9.17) is 0 Å². The van der Waals surface area contributed by atoms with Crippen molar-refractivity contribution in [3.8, 4) is 0 Å². The van der Waals surface area contributed by atoms with E-state index in [1.54, 1.807) is 6.20 Å². The average Bonchev–Trinajstić information content (AvgIpc) is 2.41. The SMILES string of the molecule is CC(C)N(CCNC(=O)CCc1cccnc1)C(C)C. The minimum absolute atomic E-state index is 0.112. The molecule has 0 saturated heterocycles. The number of hydrogen-bond donors (Lipinski definition) is 1. The van der Waals surface area contributed by atoms with Crippen LogP contribution in [0, 0.1) is 0 Å². The number of rotatable bonds is 8. The highest BCUT2D eigenvalue weighted by Crippen LogP contribution is 2.03. The number of aromatic nitrogens is 1. The first kappa shape index (κ1) is 16.6. The fourth-order valence-corrected chi connectivity index (χ4v) is 2.33. The summed E-state index contributed by atoms with van der Waals surface area (Å²) in [7, 11) is 0. The van der Waals surface area contributed by atoms with Gasteiger partial charge in [0.15, 0.2) is 0 Å². The number of amides is 1. The lowest BCUT2D eigenvalue weighted by Gasteiger charge is -2.30. The molecule has 0 spiro atoms. The van der Waals surface area contributed by atoms with Crippen LogP contribution in [0.3, 0.4) is 0 Å². The van der Waals surface area contributed by atoms with Crippen LogP contribution < -0.4 is 5.32 Å². The summed E-state index contributed by atoms with van der Waals surface area (Å²) in [5.41, 5.74) is 1.11. The molecule has 1 N–H and O–H groups in total. The first-order valence-corrected chi connectivity index (χ1v) is 7.42. The monoisotopic (exact) mass is 277 g/mol. The van der Waals surface area contributed by atoms with Gasteiger partial charge in [-0.15, -0.1) is 0 Å². The molecule has 0 unspecified atom stereocenters. The summed E-state index contributed by atoms with van der Waals surface area (Å²) in [6.07, 6.45) is 4.83. The van der Waals surface area contributed by atoms with Crippen molar-refractivity contribution in [1.29, 1.82) is 0 Å². The lowest BCUT2D eigenvalue weighted by atomic mass is 10.1. The lowest BCUT2D eigenvalue weighted by molar-refractivity contribution is -0.121. The van der Waals surface area contributed by atoms with E-state index in [2.05, 4.69) is 42.9 Å². The first-order valence-electron chi connectivity index (χ1n) is 7.42. The molecule has 1 aromatic rings. The Morgan fingerprint density at radius 2 is 2.00 bits per heavy atom. The van der Waals surface area contributed by atoms with Gasteiger partial charge in [-0.1, -0.05) is 6.07 Å². The van der Waals surface area contributed by atoms with Crippen molar-refractivity contribution in [2.75, 3.05) is 13.1 Å². The fourth-order valence-electron chi connectivity index (χ4n) is 2.33. The van der Waals surface area contributed by atoms with Crippen LogP contribution in [0.1, 0.15) is 39.7 Å². The van der Waals surface area contributed by atoms with Crippen LogP contribution in [0.15, 0.2) is 24.5 Å². The van der Waals surface area contributed by atoms with Crippen LogP contribution in [0.2, 0.25) is 0 Å². The van der Waals surface area contributed by atoms with E-state index in [1.165, 1.54) is 0 Å². The first-order chi connectivity index (χ1) is 9.50. The van der Waals surface area contributed by atoms with E-state index in [0.717, 1.165) is 18.5 Å². The third-order valence-corrected chi connectivity index (χ3v) is 3.38. The largest absolute Gasteiger partial charge is 0.355 e. The quantitative estimate of drug-likeness (QED) is 0.792. The molecular formula is C16H27N3O. The topological polar surface area (TPSA) is 45.2 Å². The number of carbonyl (C=O) groups is 1. The lowest BCUT2D eigenvalue weighted by Crippen LogP contribution is -2.42. The molecule has 0 bridgehead atoms. The minimum atomic E-state index is 0.112.